The number of hydrogen-bond acceptors (Lipinski definition) is 4. The Morgan fingerprint density at radius 3 is 2.39 bits per heavy atom. The molecule has 12 heteroatoms. The topological polar surface area (TPSA) is 56.7 Å². The van der Waals surface area contributed by atoms with E-state index in [-0.39, 0.29) is 40.5 Å². The molecule has 0 bridgehead atoms. The first-order valence-corrected chi connectivity index (χ1v) is 8.56. The number of alkyl halides is 6. The van der Waals surface area contributed by atoms with Crippen LogP contribution in [0.2, 0.25) is 0 Å². The first-order chi connectivity index (χ1) is 13.0. The van der Waals surface area contributed by atoms with E-state index in [0.29, 0.717) is 0 Å². The van der Waals surface area contributed by atoms with Gasteiger partial charge in [0.25, 0.3) is 0 Å². The van der Waals surface area contributed by atoms with Gasteiger partial charge in [-0.1, -0.05) is 6.07 Å². The van der Waals surface area contributed by atoms with Crippen LogP contribution in [0, 0.1) is 6.92 Å². The Labute approximate surface area is 162 Å². The van der Waals surface area contributed by atoms with E-state index in [1.54, 1.807) is 0 Å². The fraction of sp³-hybridized carbons (Fsp3) is 0.312. The maximum atomic E-state index is 12.9. The molecule has 0 amide bonds. The van der Waals surface area contributed by atoms with Crippen molar-refractivity contribution in [1.29, 1.82) is 0 Å². The van der Waals surface area contributed by atoms with Crippen molar-refractivity contribution in [1.82, 2.24) is 20.0 Å². The Morgan fingerprint density at radius 1 is 1.07 bits per heavy atom. The molecular formula is C16H11BrF6N4O. The zero-order valence-electron chi connectivity index (χ0n) is 14.1. The SMILES string of the molecule is Cc1c(Br)c(C(F)(F)F)nn1CCc1nnc(-c2cccc(C(F)(F)F)c2)o1. The van der Waals surface area contributed by atoms with Crippen LogP contribution in [0.1, 0.15) is 22.8 Å². The largest absolute Gasteiger partial charge is 0.436 e. The maximum absolute atomic E-state index is 12.9. The fourth-order valence-electron chi connectivity index (χ4n) is 2.42. The molecule has 0 atom stereocenters. The molecule has 0 radical (unpaired) electrons. The van der Waals surface area contributed by atoms with Crippen molar-refractivity contribution in [2.75, 3.05) is 0 Å². The summed E-state index contributed by atoms with van der Waals surface area (Å²) in [7, 11) is 0. The summed E-state index contributed by atoms with van der Waals surface area (Å²) >= 11 is 2.87. The van der Waals surface area contributed by atoms with Crippen molar-refractivity contribution >= 4 is 15.9 Å². The molecule has 0 saturated carbocycles. The second kappa shape index (κ2) is 7.22. The molecule has 28 heavy (non-hydrogen) atoms. The average Bonchev–Trinajstić information content (AvgIpc) is 3.18. The van der Waals surface area contributed by atoms with Crippen molar-refractivity contribution in [2.45, 2.75) is 32.2 Å². The van der Waals surface area contributed by atoms with Crippen LogP contribution in [-0.2, 0) is 25.3 Å². The summed E-state index contributed by atoms with van der Waals surface area (Å²) in [6, 6.07) is 4.39. The van der Waals surface area contributed by atoms with Crippen molar-refractivity contribution < 1.29 is 30.8 Å². The number of halogens is 7. The lowest BCUT2D eigenvalue weighted by molar-refractivity contribution is -0.142. The summed E-state index contributed by atoms with van der Waals surface area (Å²) < 4.78 is 83.4. The number of benzene rings is 1. The number of rotatable bonds is 4. The van der Waals surface area contributed by atoms with Crippen LogP contribution in [0.4, 0.5) is 26.3 Å². The van der Waals surface area contributed by atoms with E-state index in [1.165, 1.54) is 19.1 Å². The minimum Gasteiger partial charge on any atom is -0.421 e. The molecule has 0 N–H and O–H groups in total. The monoisotopic (exact) mass is 468 g/mol. The molecule has 2 aromatic heterocycles. The van der Waals surface area contributed by atoms with Gasteiger partial charge in [0.15, 0.2) is 5.69 Å². The molecule has 0 aliphatic rings. The highest BCUT2D eigenvalue weighted by atomic mass is 79.9. The van der Waals surface area contributed by atoms with Crippen molar-refractivity contribution in [3.63, 3.8) is 0 Å². The van der Waals surface area contributed by atoms with Crippen LogP contribution in [0.3, 0.4) is 0 Å². The van der Waals surface area contributed by atoms with Crippen LogP contribution in [0.5, 0.6) is 0 Å². The molecule has 2 heterocycles. The molecular weight excluding hydrogens is 458 g/mol. The minimum atomic E-state index is -4.60. The second-order valence-electron chi connectivity index (χ2n) is 5.80. The standard InChI is InChI=1S/C16H11BrF6N4O/c1-8-12(17)13(16(21,22)23)26-27(8)6-5-11-24-25-14(28-11)9-3-2-4-10(7-9)15(18,19)20/h2-4,7H,5-6H2,1H3. The average molecular weight is 469 g/mol. The minimum absolute atomic E-state index is 0.0186. The third-order valence-corrected chi connectivity index (χ3v) is 4.79. The molecule has 3 rings (SSSR count). The van der Waals surface area contributed by atoms with E-state index in [1.807, 2.05) is 0 Å². The fourth-order valence-corrected chi connectivity index (χ4v) is 2.93. The molecule has 150 valence electrons. The van der Waals surface area contributed by atoms with E-state index in [9.17, 15) is 26.3 Å². The quantitative estimate of drug-likeness (QED) is 0.488. The Morgan fingerprint density at radius 2 is 1.79 bits per heavy atom. The Kier molecular flexibility index (Phi) is 5.26. The van der Waals surface area contributed by atoms with Gasteiger partial charge in [-0.2, -0.15) is 31.4 Å². The number of aromatic nitrogens is 4. The predicted octanol–water partition coefficient (Wildman–Crippen LogP) is 5.28. The van der Waals surface area contributed by atoms with Crippen LogP contribution in [-0.4, -0.2) is 20.0 Å². The first kappa shape index (κ1) is 20.4. The smallest absolute Gasteiger partial charge is 0.421 e. The van der Waals surface area contributed by atoms with Gasteiger partial charge in [-0.25, -0.2) is 0 Å². The summed E-state index contributed by atoms with van der Waals surface area (Å²) in [6.45, 7) is 1.49. The normalized spacial score (nSPS) is 12.6. The van der Waals surface area contributed by atoms with Crippen molar-refractivity contribution in [3.05, 3.63) is 51.6 Å². The van der Waals surface area contributed by atoms with Crippen molar-refractivity contribution in [3.8, 4) is 11.5 Å². The van der Waals surface area contributed by atoms with Gasteiger partial charge in [0.1, 0.15) is 0 Å². The molecule has 0 unspecified atom stereocenters. The van der Waals surface area contributed by atoms with Crippen LogP contribution >= 0.6 is 15.9 Å². The molecule has 0 aliphatic carbocycles. The van der Waals surface area contributed by atoms with E-state index >= 15 is 0 Å². The molecule has 0 aliphatic heterocycles. The Hall–Kier alpha value is -2.37. The van der Waals surface area contributed by atoms with E-state index in [4.69, 9.17) is 4.42 Å². The van der Waals surface area contributed by atoms with Gasteiger partial charge in [-0.15, -0.1) is 10.2 Å². The summed E-state index contributed by atoms with van der Waals surface area (Å²) in [4.78, 5) is 0. The predicted molar refractivity (Wildman–Crippen MR) is 88.1 cm³/mol. The highest BCUT2D eigenvalue weighted by Crippen LogP contribution is 2.35. The lowest BCUT2D eigenvalue weighted by atomic mass is 10.1. The Bertz CT molecular complexity index is 992. The molecule has 5 nitrogen and oxygen atoms in total. The summed E-state index contributed by atoms with van der Waals surface area (Å²) in [5, 5.41) is 11.0. The van der Waals surface area contributed by atoms with Gasteiger partial charge in [0, 0.05) is 18.5 Å². The van der Waals surface area contributed by atoms with E-state index in [0.717, 1.165) is 16.8 Å². The third kappa shape index (κ3) is 4.21. The van der Waals surface area contributed by atoms with E-state index in [2.05, 4.69) is 31.2 Å². The van der Waals surface area contributed by atoms with E-state index < -0.39 is 23.6 Å². The lowest BCUT2D eigenvalue weighted by Gasteiger charge is -2.06. The third-order valence-electron chi connectivity index (χ3n) is 3.84. The highest BCUT2D eigenvalue weighted by molar-refractivity contribution is 9.10. The highest BCUT2D eigenvalue weighted by Gasteiger charge is 2.38. The van der Waals surface area contributed by atoms with Gasteiger partial charge in [0.2, 0.25) is 11.8 Å². The Balaban J connectivity index is 1.76. The van der Waals surface area contributed by atoms with Crippen LogP contribution < -0.4 is 0 Å². The van der Waals surface area contributed by atoms with Gasteiger partial charge in [-0.3, -0.25) is 4.68 Å². The maximum Gasteiger partial charge on any atom is 0.436 e. The van der Waals surface area contributed by atoms with Crippen LogP contribution in [0.15, 0.2) is 33.2 Å². The molecule has 1 aromatic carbocycles. The summed E-state index contributed by atoms with van der Waals surface area (Å²) in [5.74, 6) is -0.0533. The zero-order chi connectivity index (χ0) is 20.7. The second-order valence-corrected chi connectivity index (χ2v) is 6.59. The molecule has 3 aromatic rings. The van der Waals surface area contributed by atoms with Crippen molar-refractivity contribution in [2.24, 2.45) is 0 Å². The summed E-state index contributed by atoms with van der Waals surface area (Å²) in [5.41, 5.74) is -1.54. The van der Waals surface area contributed by atoms with Gasteiger partial charge < -0.3 is 4.42 Å². The molecule has 0 spiro atoms. The number of hydrogen-bond donors (Lipinski definition) is 0. The lowest BCUT2D eigenvalue weighted by Crippen LogP contribution is -2.10. The van der Waals surface area contributed by atoms with Crippen LogP contribution in [0.25, 0.3) is 11.5 Å². The number of aryl methyl sites for hydroxylation is 2. The van der Waals surface area contributed by atoms with Gasteiger partial charge >= 0.3 is 12.4 Å². The summed E-state index contributed by atoms with van der Waals surface area (Å²) in [6.07, 6.45) is -9.06. The molecule has 0 saturated heterocycles. The zero-order valence-corrected chi connectivity index (χ0v) is 15.7. The first-order valence-electron chi connectivity index (χ1n) is 7.77. The number of nitrogens with zero attached hydrogens (tertiary/aromatic N) is 4. The van der Waals surface area contributed by atoms with Gasteiger partial charge in [-0.05, 0) is 41.1 Å². The van der Waals surface area contributed by atoms with Gasteiger partial charge in [0.05, 0.1) is 15.7 Å². The molecule has 0 fully saturated rings.